The monoisotopic (exact) mass is 251 g/mol. The Bertz CT molecular complexity index is 376. The summed E-state index contributed by atoms with van der Waals surface area (Å²) >= 11 is 0. The predicted octanol–water partition coefficient (Wildman–Crippen LogP) is 0.908. The van der Waals surface area contributed by atoms with E-state index in [4.69, 9.17) is 0 Å². The van der Waals surface area contributed by atoms with Gasteiger partial charge in [-0.05, 0) is 33.2 Å². The van der Waals surface area contributed by atoms with Gasteiger partial charge >= 0.3 is 5.97 Å². The molecule has 1 unspecified atom stereocenters. The minimum Gasteiger partial charge on any atom is -0.465 e. The first-order valence-corrected chi connectivity index (χ1v) is 5.94. The Balaban J connectivity index is 2.46. The number of pyridine rings is 1. The van der Waals surface area contributed by atoms with Gasteiger partial charge in [-0.1, -0.05) is 0 Å². The molecular formula is C13H21N3O2. The van der Waals surface area contributed by atoms with Crippen LogP contribution in [0.5, 0.6) is 0 Å². The number of esters is 1. The Morgan fingerprint density at radius 1 is 1.50 bits per heavy atom. The quantitative estimate of drug-likeness (QED) is 0.762. The van der Waals surface area contributed by atoms with Gasteiger partial charge in [0.1, 0.15) is 0 Å². The molecule has 1 heterocycles. The normalized spacial score (nSPS) is 12.5. The summed E-state index contributed by atoms with van der Waals surface area (Å²) in [7, 11) is 5.45. The number of carbonyl (C=O) groups excluding carboxylic acids is 1. The number of nitrogens with zero attached hydrogens (tertiary/aromatic N) is 2. The zero-order chi connectivity index (χ0) is 13.5. The Morgan fingerprint density at radius 2 is 2.22 bits per heavy atom. The number of methoxy groups -OCH3 is 1. The number of hydrogen-bond acceptors (Lipinski definition) is 5. The van der Waals surface area contributed by atoms with Crippen LogP contribution < -0.4 is 5.32 Å². The molecule has 0 aliphatic heterocycles. The smallest absolute Gasteiger partial charge is 0.339 e. The van der Waals surface area contributed by atoms with Crippen molar-refractivity contribution < 1.29 is 9.53 Å². The molecule has 5 nitrogen and oxygen atoms in total. The van der Waals surface area contributed by atoms with Crippen LogP contribution in [0.4, 0.5) is 0 Å². The van der Waals surface area contributed by atoms with Crippen LogP contribution in [0.1, 0.15) is 23.0 Å². The van der Waals surface area contributed by atoms with Crippen molar-refractivity contribution in [3.05, 3.63) is 29.6 Å². The lowest BCUT2D eigenvalue weighted by atomic mass is 10.2. The molecule has 0 amide bonds. The topological polar surface area (TPSA) is 54.5 Å². The molecule has 0 aliphatic rings. The van der Waals surface area contributed by atoms with Crippen LogP contribution in [0, 0.1) is 0 Å². The molecule has 1 atom stereocenters. The summed E-state index contributed by atoms with van der Waals surface area (Å²) in [4.78, 5) is 17.6. The first kappa shape index (κ1) is 14.6. The van der Waals surface area contributed by atoms with Crippen LogP contribution in [0.3, 0.4) is 0 Å². The number of nitrogens with one attached hydrogen (secondary N) is 1. The minimum atomic E-state index is -0.358. The second-order valence-corrected chi connectivity index (χ2v) is 4.57. The highest BCUT2D eigenvalue weighted by atomic mass is 16.5. The van der Waals surface area contributed by atoms with E-state index in [0.717, 1.165) is 12.2 Å². The van der Waals surface area contributed by atoms with Crippen molar-refractivity contribution in [1.82, 2.24) is 15.2 Å². The van der Waals surface area contributed by atoms with Crippen LogP contribution in [0.2, 0.25) is 0 Å². The maximum atomic E-state index is 11.2. The van der Waals surface area contributed by atoms with E-state index in [0.29, 0.717) is 18.2 Å². The highest BCUT2D eigenvalue weighted by Crippen LogP contribution is 2.02. The Hall–Kier alpha value is -1.46. The van der Waals surface area contributed by atoms with Gasteiger partial charge in [0, 0.05) is 25.3 Å². The molecule has 0 saturated carbocycles. The van der Waals surface area contributed by atoms with Gasteiger partial charge in [0.05, 0.1) is 18.4 Å². The molecule has 0 spiro atoms. The van der Waals surface area contributed by atoms with Gasteiger partial charge in [-0.2, -0.15) is 0 Å². The van der Waals surface area contributed by atoms with Crippen LogP contribution in [0.25, 0.3) is 0 Å². The zero-order valence-electron chi connectivity index (χ0n) is 11.4. The van der Waals surface area contributed by atoms with Crippen molar-refractivity contribution in [2.75, 3.05) is 27.7 Å². The lowest BCUT2D eigenvalue weighted by molar-refractivity contribution is 0.0600. The molecule has 0 bridgehead atoms. The van der Waals surface area contributed by atoms with Gasteiger partial charge in [0.25, 0.3) is 0 Å². The molecule has 1 rings (SSSR count). The third kappa shape index (κ3) is 4.81. The van der Waals surface area contributed by atoms with Crippen LogP contribution in [-0.2, 0) is 11.3 Å². The molecule has 0 fully saturated rings. The van der Waals surface area contributed by atoms with Crippen molar-refractivity contribution in [1.29, 1.82) is 0 Å². The fraction of sp³-hybridized carbons (Fsp3) is 0.538. The number of aromatic nitrogens is 1. The van der Waals surface area contributed by atoms with Gasteiger partial charge in [-0.3, -0.25) is 4.98 Å². The fourth-order valence-electron chi connectivity index (χ4n) is 1.66. The van der Waals surface area contributed by atoms with E-state index < -0.39 is 0 Å². The second kappa shape index (κ2) is 7.08. The van der Waals surface area contributed by atoms with Crippen molar-refractivity contribution >= 4 is 5.97 Å². The molecule has 100 valence electrons. The number of hydrogen-bond donors (Lipinski definition) is 1. The molecule has 0 aromatic carbocycles. The maximum absolute atomic E-state index is 11.2. The molecule has 5 heteroatoms. The van der Waals surface area contributed by atoms with Gasteiger partial charge in [0.2, 0.25) is 0 Å². The van der Waals surface area contributed by atoms with Crippen LogP contribution in [0.15, 0.2) is 18.3 Å². The van der Waals surface area contributed by atoms with Crippen molar-refractivity contribution in [3.8, 4) is 0 Å². The number of rotatable bonds is 6. The van der Waals surface area contributed by atoms with E-state index in [9.17, 15) is 4.79 Å². The lowest BCUT2D eigenvalue weighted by Gasteiger charge is -2.18. The molecule has 18 heavy (non-hydrogen) atoms. The first-order chi connectivity index (χ1) is 8.52. The molecule has 0 saturated heterocycles. The standard InChI is InChI=1S/C13H21N3O2/c1-10(9-16(2)3)14-8-12-6-5-11(7-15-12)13(17)18-4/h5-7,10,14H,8-9H2,1-4H3. The lowest BCUT2D eigenvalue weighted by Crippen LogP contribution is -2.35. The minimum absolute atomic E-state index is 0.358. The van der Waals surface area contributed by atoms with Gasteiger partial charge in [0.15, 0.2) is 0 Å². The average Bonchev–Trinajstić information content (AvgIpc) is 2.35. The molecule has 0 aliphatic carbocycles. The van der Waals surface area contributed by atoms with Crippen molar-refractivity contribution in [2.45, 2.75) is 19.5 Å². The highest BCUT2D eigenvalue weighted by molar-refractivity contribution is 5.88. The summed E-state index contributed by atoms with van der Waals surface area (Å²) < 4.78 is 4.62. The fourth-order valence-corrected chi connectivity index (χ4v) is 1.66. The van der Waals surface area contributed by atoms with Gasteiger partial charge in [-0.25, -0.2) is 4.79 Å². The summed E-state index contributed by atoms with van der Waals surface area (Å²) in [5, 5.41) is 3.37. The van der Waals surface area contributed by atoms with E-state index in [2.05, 4.69) is 26.9 Å². The third-order valence-corrected chi connectivity index (χ3v) is 2.52. The highest BCUT2D eigenvalue weighted by Gasteiger charge is 2.06. The van der Waals surface area contributed by atoms with E-state index in [1.165, 1.54) is 7.11 Å². The molecule has 0 radical (unpaired) electrons. The van der Waals surface area contributed by atoms with Crippen LogP contribution >= 0.6 is 0 Å². The number of likely N-dealkylation sites (N-methyl/N-ethyl adjacent to an activating group) is 1. The van der Waals surface area contributed by atoms with E-state index >= 15 is 0 Å². The third-order valence-electron chi connectivity index (χ3n) is 2.52. The largest absolute Gasteiger partial charge is 0.465 e. The zero-order valence-corrected chi connectivity index (χ0v) is 11.4. The SMILES string of the molecule is COC(=O)c1ccc(CNC(C)CN(C)C)nc1. The van der Waals surface area contributed by atoms with E-state index in [1.807, 2.05) is 20.2 Å². The molecule has 1 aromatic rings. The molecule has 1 aromatic heterocycles. The van der Waals surface area contributed by atoms with E-state index in [-0.39, 0.29) is 5.97 Å². The number of ether oxygens (including phenoxy) is 1. The Kier molecular flexibility index (Phi) is 5.74. The summed E-state index contributed by atoms with van der Waals surface area (Å²) in [6.45, 7) is 3.79. The summed E-state index contributed by atoms with van der Waals surface area (Å²) in [6.07, 6.45) is 1.54. The van der Waals surface area contributed by atoms with Crippen molar-refractivity contribution in [2.24, 2.45) is 0 Å². The predicted molar refractivity (Wildman–Crippen MR) is 70.4 cm³/mol. The first-order valence-electron chi connectivity index (χ1n) is 5.94. The number of carbonyl (C=O) groups is 1. The summed E-state index contributed by atoms with van der Waals surface area (Å²) in [5.74, 6) is -0.358. The van der Waals surface area contributed by atoms with Crippen molar-refractivity contribution in [3.63, 3.8) is 0 Å². The molecule has 1 N–H and O–H groups in total. The Labute approximate surface area is 108 Å². The van der Waals surface area contributed by atoms with Gasteiger partial charge in [-0.15, -0.1) is 0 Å². The van der Waals surface area contributed by atoms with Crippen LogP contribution in [-0.4, -0.2) is 49.6 Å². The summed E-state index contributed by atoms with van der Waals surface area (Å²) in [6, 6.07) is 3.95. The molecular weight excluding hydrogens is 230 g/mol. The summed E-state index contributed by atoms with van der Waals surface area (Å²) in [5.41, 5.74) is 1.39. The second-order valence-electron chi connectivity index (χ2n) is 4.57. The van der Waals surface area contributed by atoms with E-state index in [1.54, 1.807) is 12.3 Å². The Morgan fingerprint density at radius 3 is 2.72 bits per heavy atom. The maximum Gasteiger partial charge on any atom is 0.339 e. The van der Waals surface area contributed by atoms with Gasteiger partial charge < -0.3 is 15.0 Å². The average molecular weight is 251 g/mol.